The maximum Gasteiger partial charge on any atom is 0.242 e. The number of nitrogens with two attached hydrogens (primary N) is 1. The summed E-state index contributed by atoms with van der Waals surface area (Å²) in [7, 11) is 2.83. The van der Waals surface area contributed by atoms with Crippen molar-refractivity contribution in [3.8, 4) is 0 Å². The van der Waals surface area contributed by atoms with Crippen LogP contribution in [0.15, 0.2) is 23.1 Å². The largest absolute Gasteiger partial charge is 0.398 e. The van der Waals surface area contributed by atoms with Crippen molar-refractivity contribution in [2.75, 3.05) is 45.4 Å². The topological polar surface area (TPSA) is 95.7 Å². The predicted molar refractivity (Wildman–Crippen MR) is 79.1 cm³/mol. The maximum atomic E-state index is 11.7. The summed E-state index contributed by atoms with van der Waals surface area (Å²) in [6.07, 6.45) is 0. The molecule has 112 valence electrons. The van der Waals surface area contributed by atoms with Crippen LogP contribution in [0, 0.1) is 0 Å². The Kier molecular flexibility index (Phi) is 4.96. The smallest absolute Gasteiger partial charge is 0.242 e. The minimum atomic E-state index is -3.58. The molecule has 0 aliphatic heterocycles. The van der Waals surface area contributed by atoms with Gasteiger partial charge in [-0.25, -0.2) is 13.1 Å². The summed E-state index contributed by atoms with van der Waals surface area (Å²) in [6, 6.07) is 4.57. The monoisotopic (exact) mass is 300 g/mol. The molecule has 0 saturated heterocycles. The minimum absolute atomic E-state index is 0.0242. The molecule has 0 heterocycles. The summed E-state index contributed by atoms with van der Waals surface area (Å²) in [5.41, 5.74) is 6.58. The minimum Gasteiger partial charge on any atom is -0.398 e. The van der Waals surface area contributed by atoms with Crippen molar-refractivity contribution in [1.29, 1.82) is 0 Å². The molecular weight excluding hydrogens is 280 g/mol. The Labute approximate surface area is 119 Å². The third kappa shape index (κ3) is 3.61. The van der Waals surface area contributed by atoms with E-state index in [-0.39, 0.29) is 23.0 Å². The molecule has 0 radical (unpaired) electrons. The number of hydrogen-bond donors (Lipinski definition) is 2. The standard InChI is InChI=1S/C12H20N4O3S/c1-14-20(18,19)11-6-5-9(7-10(11)13)16(4)8-12(17)15(2)3/h5-7,14H,8,13H2,1-4H3. The number of nitrogens with one attached hydrogen (secondary N) is 1. The summed E-state index contributed by atoms with van der Waals surface area (Å²) in [5, 5.41) is 0. The molecule has 0 atom stereocenters. The van der Waals surface area contributed by atoms with Crippen molar-refractivity contribution >= 4 is 27.3 Å². The van der Waals surface area contributed by atoms with Gasteiger partial charge in [0.25, 0.3) is 0 Å². The molecule has 1 aromatic carbocycles. The molecule has 1 rings (SSSR count). The molecule has 0 aliphatic carbocycles. The Morgan fingerprint density at radius 1 is 1.30 bits per heavy atom. The summed E-state index contributed by atoms with van der Waals surface area (Å²) >= 11 is 0. The van der Waals surface area contributed by atoms with Gasteiger partial charge in [-0.2, -0.15) is 0 Å². The van der Waals surface area contributed by atoms with Crippen LogP contribution >= 0.6 is 0 Å². The van der Waals surface area contributed by atoms with Gasteiger partial charge in [0.2, 0.25) is 15.9 Å². The highest BCUT2D eigenvalue weighted by Gasteiger charge is 2.17. The maximum absolute atomic E-state index is 11.7. The third-order valence-electron chi connectivity index (χ3n) is 2.86. The number of likely N-dealkylation sites (N-methyl/N-ethyl adjacent to an activating group) is 2. The van der Waals surface area contributed by atoms with E-state index in [1.807, 2.05) is 0 Å². The summed E-state index contributed by atoms with van der Waals surface area (Å²) < 4.78 is 25.6. The van der Waals surface area contributed by atoms with Gasteiger partial charge in [-0.15, -0.1) is 0 Å². The molecule has 0 aromatic heterocycles. The van der Waals surface area contributed by atoms with Crippen LogP contribution in [-0.2, 0) is 14.8 Å². The number of benzene rings is 1. The van der Waals surface area contributed by atoms with Crippen molar-refractivity contribution < 1.29 is 13.2 Å². The number of carbonyl (C=O) groups excluding carboxylic acids is 1. The van der Waals surface area contributed by atoms with E-state index in [4.69, 9.17) is 5.73 Å². The molecule has 1 aromatic rings. The Balaban J connectivity index is 3.01. The quantitative estimate of drug-likeness (QED) is 0.728. The van der Waals surface area contributed by atoms with Crippen molar-refractivity contribution in [3.63, 3.8) is 0 Å². The molecule has 3 N–H and O–H groups in total. The Morgan fingerprint density at radius 2 is 1.90 bits per heavy atom. The van der Waals surface area contributed by atoms with E-state index in [1.165, 1.54) is 24.1 Å². The van der Waals surface area contributed by atoms with Crippen LogP contribution in [0.4, 0.5) is 11.4 Å². The third-order valence-corrected chi connectivity index (χ3v) is 4.35. The van der Waals surface area contributed by atoms with E-state index in [0.717, 1.165) is 0 Å². The Hall–Kier alpha value is -1.80. The van der Waals surface area contributed by atoms with E-state index >= 15 is 0 Å². The molecule has 7 nitrogen and oxygen atoms in total. The predicted octanol–water partition coefficient (Wildman–Crippen LogP) is -0.299. The van der Waals surface area contributed by atoms with E-state index in [9.17, 15) is 13.2 Å². The number of hydrogen-bond acceptors (Lipinski definition) is 5. The highest BCUT2D eigenvalue weighted by molar-refractivity contribution is 7.89. The fourth-order valence-corrected chi connectivity index (χ4v) is 2.40. The first kappa shape index (κ1) is 16.3. The van der Waals surface area contributed by atoms with E-state index in [0.29, 0.717) is 5.69 Å². The number of nitrogens with zero attached hydrogens (tertiary/aromatic N) is 2. The fraction of sp³-hybridized carbons (Fsp3) is 0.417. The van der Waals surface area contributed by atoms with E-state index in [2.05, 4.69) is 4.72 Å². The summed E-state index contributed by atoms with van der Waals surface area (Å²) in [5.74, 6) is -0.0574. The first-order valence-corrected chi connectivity index (χ1v) is 7.41. The van der Waals surface area contributed by atoms with Crippen molar-refractivity contribution in [2.24, 2.45) is 0 Å². The fourth-order valence-electron chi connectivity index (χ4n) is 1.56. The highest BCUT2D eigenvalue weighted by Crippen LogP contribution is 2.24. The average molecular weight is 300 g/mol. The van der Waals surface area contributed by atoms with Gasteiger partial charge >= 0.3 is 0 Å². The van der Waals surface area contributed by atoms with Crippen molar-refractivity contribution in [1.82, 2.24) is 9.62 Å². The lowest BCUT2D eigenvalue weighted by molar-refractivity contribution is -0.127. The SMILES string of the molecule is CNS(=O)(=O)c1ccc(N(C)CC(=O)N(C)C)cc1N. The second-order valence-electron chi connectivity index (χ2n) is 4.57. The number of amides is 1. The van der Waals surface area contributed by atoms with E-state index < -0.39 is 10.0 Å². The van der Waals surface area contributed by atoms with Crippen LogP contribution in [0.5, 0.6) is 0 Å². The molecule has 0 spiro atoms. The molecule has 0 bridgehead atoms. The molecule has 0 unspecified atom stereocenters. The lowest BCUT2D eigenvalue weighted by Gasteiger charge is -2.21. The molecular formula is C12H20N4O3S. The van der Waals surface area contributed by atoms with Crippen LogP contribution < -0.4 is 15.4 Å². The zero-order chi connectivity index (χ0) is 15.5. The van der Waals surface area contributed by atoms with Gasteiger partial charge in [-0.1, -0.05) is 0 Å². The van der Waals surface area contributed by atoms with Gasteiger partial charge < -0.3 is 15.5 Å². The first-order valence-electron chi connectivity index (χ1n) is 5.93. The molecule has 0 fully saturated rings. The first-order chi connectivity index (χ1) is 9.19. The zero-order valence-corrected chi connectivity index (χ0v) is 12.9. The normalized spacial score (nSPS) is 11.2. The van der Waals surface area contributed by atoms with Gasteiger partial charge in [0.15, 0.2) is 0 Å². The van der Waals surface area contributed by atoms with Gasteiger partial charge in [-0.05, 0) is 25.2 Å². The van der Waals surface area contributed by atoms with Gasteiger partial charge in [0.05, 0.1) is 12.2 Å². The van der Waals surface area contributed by atoms with Crippen LogP contribution in [0.25, 0.3) is 0 Å². The average Bonchev–Trinajstić information content (AvgIpc) is 2.37. The zero-order valence-electron chi connectivity index (χ0n) is 12.0. The Morgan fingerprint density at radius 3 is 2.35 bits per heavy atom. The van der Waals surface area contributed by atoms with Crippen LogP contribution in [0.3, 0.4) is 0 Å². The second-order valence-corrected chi connectivity index (χ2v) is 6.43. The Bertz CT molecular complexity index is 599. The number of sulfonamides is 1. The number of nitrogen functional groups attached to an aromatic ring is 1. The summed E-state index contributed by atoms with van der Waals surface area (Å²) in [4.78, 5) is 14.8. The van der Waals surface area contributed by atoms with Gasteiger partial charge in [-0.3, -0.25) is 4.79 Å². The molecule has 1 amide bonds. The number of carbonyl (C=O) groups is 1. The lowest BCUT2D eigenvalue weighted by Crippen LogP contribution is -2.34. The van der Waals surface area contributed by atoms with E-state index in [1.54, 1.807) is 32.1 Å². The number of anilines is 2. The van der Waals surface area contributed by atoms with Gasteiger partial charge in [0.1, 0.15) is 4.90 Å². The second kappa shape index (κ2) is 6.10. The lowest BCUT2D eigenvalue weighted by atomic mass is 10.2. The molecule has 20 heavy (non-hydrogen) atoms. The molecule has 0 saturated carbocycles. The van der Waals surface area contributed by atoms with Crippen LogP contribution in [-0.4, -0.2) is 54.0 Å². The van der Waals surface area contributed by atoms with Crippen LogP contribution in [0.2, 0.25) is 0 Å². The molecule has 0 aliphatic rings. The van der Waals surface area contributed by atoms with Crippen molar-refractivity contribution in [3.05, 3.63) is 18.2 Å². The van der Waals surface area contributed by atoms with Crippen molar-refractivity contribution in [2.45, 2.75) is 4.90 Å². The highest BCUT2D eigenvalue weighted by atomic mass is 32.2. The summed E-state index contributed by atoms with van der Waals surface area (Å²) in [6.45, 7) is 0.185. The molecule has 8 heteroatoms. The van der Waals surface area contributed by atoms with Crippen LogP contribution in [0.1, 0.15) is 0 Å². The van der Waals surface area contributed by atoms with Gasteiger partial charge in [0, 0.05) is 26.8 Å². The number of rotatable bonds is 5.